The second-order valence-electron chi connectivity index (χ2n) is 10.3. The maximum atomic E-state index is 12.8. The summed E-state index contributed by atoms with van der Waals surface area (Å²) >= 11 is 9.93. The standard InChI is InChI=1S/C25H32BrClN6O3/c1-25(2,3)36-24(34)33-11-10-32(14-16(33)7-8-28)22-18-12-20(27)19(26)13-21(18)29-23(30-22)35-15-17-6-5-9-31(17)4/h12-13,16-17H,5-7,9-11,14-15H2,1-4H3/t16?,17-/m0/s1. The monoisotopic (exact) mass is 578 g/mol. The molecule has 36 heavy (non-hydrogen) atoms. The van der Waals surface area contributed by atoms with Crippen LogP contribution in [0.1, 0.15) is 40.0 Å². The Hall–Kier alpha value is -2.35. The molecule has 2 aromatic rings. The van der Waals surface area contributed by atoms with Crippen molar-refractivity contribution in [2.75, 3.05) is 44.7 Å². The number of anilines is 1. The predicted molar refractivity (Wildman–Crippen MR) is 143 cm³/mol. The van der Waals surface area contributed by atoms with Crippen LogP contribution in [0, 0.1) is 11.3 Å². The van der Waals surface area contributed by atoms with Gasteiger partial charge in [-0.25, -0.2) is 4.79 Å². The highest BCUT2D eigenvalue weighted by atomic mass is 79.9. The quantitative estimate of drug-likeness (QED) is 0.496. The Balaban J connectivity index is 1.63. The number of benzene rings is 1. The molecule has 11 heteroatoms. The van der Waals surface area contributed by atoms with Crippen molar-refractivity contribution >= 4 is 50.3 Å². The minimum Gasteiger partial charge on any atom is -0.462 e. The first-order valence-corrected chi connectivity index (χ1v) is 13.3. The largest absolute Gasteiger partial charge is 0.462 e. The molecule has 2 fully saturated rings. The van der Waals surface area contributed by atoms with Gasteiger partial charge < -0.3 is 24.2 Å². The Morgan fingerprint density at radius 1 is 1.25 bits per heavy atom. The first kappa shape index (κ1) is 26.7. The van der Waals surface area contributed by atoms with Gasteiger partial charge in [-0.15, -0.1) is 0 Å². The van der Waals surface area contributed by atoms with Crippen molar-refractivity contribution in [1.82, 2.24) is 19.8 Å². The lowest BCUT2D eigenvalue weighted by Crippen LogP contribution is -2.56. The van der Waals surface area contributed by atoms with Gasteiger partial charge in [-0.2, -0.15) is 15.2 Å². The number of hydrogen-bond acceptors (Lipinski definition) is 8. The summed E-state index contributed by atoms with van der Waals surface area (Å²) in [4.78, 5) is 28.3. The van der Waals surface area contributed by atoms with Crippen LogP contribution in [-0.2, 0) is 4.74 Å². The molecule has 1 aromatic heterocycles. The fraction of sp³-hybridized carbons (Fsp3) is 0.600. The number of likely N-dealkylation sites (N-methyl/N-ethyl adjacent to an activating group) is 1. The lowest BCUT2D eigenvalue weighted by atomic mass is 10.1. The Kier molecular flexibility index (Phi) is 8.12. The van der Waals surface area contributed by atoms with Crippen molar-refractivity contribution in [1.29, 1.82) is 5.26 Å². The number of rotatable bonds is 5. The molecule has 2 aliphatic heterocycles. The molecular formula is C25H32BrClN6O3. The van der Waals surface area contributed by atoms with Gasteiger partial charge in [-0.1, -0.05) is 11.6 Å². The minimum atomic E-state index is -0.613. The Bertz CT molecular complexity index is 1170. The van der Waals surface area contributed by atoms with Gasteiger partial charge in [0.15, 0.2) is 0 Å². The normalized spacial score (nSPS) is 21.0. The summed E-state index contributed by atoms with van der Waals surface area (Å²) in [5.41, 5.74) is 0.0929. The highest BCUT2D eigenvalue weighted by Gasteiger charge is 2.34. The summed E-state index contributed by atoms with van der Waals surface area (Å²) in [7, 11) is 2.10. The number of halogens is 2. The average molecular weight is 580 g/mol. The van der Waals surface area contributed by atoms with Crippen LogP contribution < -0.4 is 9.64 Å². The van der Waals surface area contributed by atoms with Crippen LogP contribution in [0.2, 0.25) is 5.02 Å². The number of aromatic nitrogens is 2. The second-order valence-corrected chi connectivity index (χ2v) is 11.6. The number of likely N-dealkylation sites (tertiary alicyclic amines) is 1. The molecule has 4 rings (SSSR count). The van der Waals surface area contributed by atoms with E-state index < -0.39 is 11.7 Å². The summed E-state index contributed by atoms with van der Waals surface area (Å²) < 4.78 is 12.4. The number of fused-ring (bicyclic) bond motifs is 1. The zero-order valence-electron chi connectivity index (χ0n) is 21.1. The van der Waals surface area contributed by atoms with Gasteiger partial charge in [0.2, 0.25) is 0 Å². The predicted octanol–water partition coefficient (Wildman–Crippen LogP) is 4.86. The summed E-state index contributed by atoms with van der Waals surface area (Å²) in [5.74, 6) is 0.677. The van der Waals surface area contributed by atoms with Crippen molar-refractivity contribution < 1.29 is 14.3 Å². The van der Waals surface area contributed by atoms with Gasteiger partial charge in [0.05, 0.1) is 29.1 Å². The first-order chi connectivity index (χ1) is 17.1. The highest BCUT2D eigenvalue weighted by molar-refractivity contribution is 9.10. The first-order valence-electron chi connectivity index (χ1n) is 12.2. The van der Waals surface area contributed by atoms with E-state index in [1.807, 2.05) is 32.9 Å². The van der Waals surface area contributed by atoms with E-state index in [-0.39, 0.29) is 12.5 Å². The molecule has 0 bridgehead atoms. The van der Waals surface area contributed by atoms with Crippen LogP contribution in [0.3, 0.4) is 0 Å². The maximum Gasteiger partial charge on any atom is 0.410 e. The van der Waals surface area contributed by atoms with Crippen LogP contribution in [0.5, 0.6) is 6.01 Å². The van der Waals surface area contributed by atoms with Crippen LogP contribution in [0.4, 0.5) is 10.6 Å². The lowest BCUT2D eigenvalue weighted by molar-refractivity contribution is 0.0145. The summed E-state index contributed by atoms with van der Waals surface area (Å²) in [6, 6.07) is 6.21. The lowest BCUT2D eigenvalue weighted by Gasteiger charge is -2.41. The van der Waals surface area contributed by atoms with Gasteiger partial charge in [-0.05, 0) is 75.3 Å². The Morgan fingerprint density at radius 3 is 2.69 bits per heavy atom. The molecule has 2 atom stereocenters. The highest BCUT2D eigenvalue weighted by Crippen LogP contribution is 2.34. The third-order valence-electron chi connectivity index (χ3n) is 6.51. The van der Waals surface area contributed by atoms with Crippen molar-refractivity contribution in [2.45, 2.75) is 57.7 Å². The van der Waals surface area contributed by atoms with Crippen LogP contribution in [0.25, 0.3) is 10.9 Å². The molecule has 3 heterocycles. The third kappa shape index (κ3) is 6.13. The van der Waals surface area contributed by atoms with E-state index in [1.165, 1.54) is 0 Å². The molecule has 1 aromatic carbocycles. The molecule has 0 spiro atoms. The van der Waals surface area contributed by atoms with E-state index in [4.69, 9.17) is 26.1 Å². The average Bonchev–Trinajstić information content (AvgIpc) is 3.22. The number of nitriles is 1. The van der Waals surface area contributed by atoms with Crippen LogP contribution in [-0.4, -0.2) is 83.4 Å². The molecule has 194 valence electrons. The van der Waals surface area contributed by atoms with Gasteiger partial charge in [0.25, 0.3) is 0 Å². The minimum absolute atomic E-state index is 0.183. The van der Waals surface area contributed by atoms with Crippen molar-refractivity contribution in [3.05, 3.63) is 21.6 Å². The molecule has 2 saturated heterocycles. The smallest absolute Gasteiger partial charge is 0.410 e. The van der Waals surface area contributed by atoms with Gasteiger partial charge >= 0.3 is 12.1 Å². The number of nitrogens with zero attached hydrogens (tertiary/aromatic N) is 6. The van der Waals surface area contributed by atoms with Gasteiger partial charge in [0, 0.05) is 35.5 Å². The summed E-state index contributed by atoms with van der Waals surface area (Å²) in [6.07, 6.45) is 2.01. The molecule has 9 nitrogen and oxygen atoms in total. The van der Waals surface area contributed by atoms with E-state index in [1.54, 1.807) is 4.90 Å². The zero-order valence-corrected chi connectivity index (χ0v) is 23.5. The van der Waals surface area contributed by atoms with Crippen LogP contribution in [0.15, 0.2) is 16.6 Å². The molecule has 0 radical (unpaired) electrons. The van der Waals surface area contributed by atoms with Crippen molar-refractivity contribution in [3.8, 4) is 12.1 Å². The summed E-state index contributed by atoms with van der Waals surface area (Å²) in [6.45, 7) is 8.43. The van der Waals surface area contributed by atoms with Crippen molar-refractivity contribution in [3.63, 3.8) is 0 Å². The third-order valence-corrected chi connectivity index (χ3v) is 7.71. The molecular weight excluding hydrogens is 548 g/mol. The van der Waals surface area contributed by atoms with Crippen molar-refractivity contribution in [2.24, 2.45) is 0 Å². The summed E-state index contributed by atoms with van der Waals surface area (Å²) in [5, 5.41) is 10.8. The van der Waals surface area contributed by atoms with E-state index in [0.717, 1.165) is 29.2 Å². The number of piperazine rings is 1. The molecule has 1 unspecified atom stereocenters. The second kappa shape index (κ2) is 11.0. The number of hydrogen-bond donors (Lipinski definition) is 0. The Morgan fingerprint density at radius 2 is 2.03 bits per heavy atom. The molecule has 0 aliphatic carbocycles. The van der Waals surface area contributed by atoms with E-state index in [9.17, 15) is 10.1 Å². The molecule has 0 N–H and O–H groups in total. The fourth-order valence-electron chi connectivity index (χ4n) is 4.64. The number of ether oxygens (including phenoxy) is 2. The fourth-order valence-corrected chi connectivity index (χ4v) is 5.14. The van der Waals surface area contributed by atoms with Gasteiger partial charge in [0.1, 0.15) is 18.0 Å². The van der Waals surface area contributed by atoms with E-state index in [2.05, 4.69) is 43.8 Å². The SMILES string of the molecule is CN1CCC[C@H]1COc1nc(N2CCN(C(=O)OC(C)(C)C)C(CC#N)C2)c2cc(Cl)c(Br)cc2n1. The molecule has 0 saturated carbocycles. The Labute approximate surface area is 225 Å². The maximum absolute atomic E-state index is 12.8. The van der Waals surface area contributed by atoms with Crippen LogP contribution >= 0.6 is 27.5 Å². The van der Waals surface area contributed by atoms with E-state index in [0.29, 0.717) is 54.7 Å². The molecule has 2 aliphatic rings. The van der Waals surface area contributed by atoms with Gasteiger partial charge in [-0.3, -0.25) is 0 Å². The zero-order chi connectivity index (χ0) is 26.0. The number of amides is 1. The number of carbonyl (C=O) groups excluding carboxylic acids is 1. The number of carbonyl (C=O) groups is 1. The molecule has 1 amide bonds. The van der Waals surface area contributed by atoms with E-state index >= 15 is 0 Å². The topological polar surface area (TPSA) is 94.8 Å².